The summed E-state index contributed by atoms with van der Waals surface area (Å²) in [6.45, 7) is 4.83. The number of nitrogens with one attached hydrogen (secondary N) is 1. The van der Waals surface area contributed by atoms with Gasteiger partial charge in [0.1, 0.15) is 6.10 Å². The quantitative estimate of drug-likeness (QED) is 0.830. The second-order valence-corrected chi connectivity index (χ2v) is 5.77. The Kier molecular flexibility index (Phi) is 2.46. The minimum atomic E-state index is -0.349. The van der Waals surface area contributed by atoms with Crippen LogP contribution in [0.15, 0.2) is 11.1 Å². The highest BCUT2D eigenvalue weighted by Crippen LogP contribution is 2.50. The Balaban J connectivity index is 1.84. The van der Waals surface area contributed by atoms with Crippen LogP contribution in [0.4, 0.5) is 5.95 Å². The number of nitrogens with two attached hydrogens (primary N) is 1. The first-order valence-corrected chi connectivity index (χ1v) is 7.07. The number of aromatic amines is 1. The van der Waals surface area contributed by atoms with Crippen molar-refractivity contribution in [1.29, 1.82) is 0 Å². The molecule has 0 aliphatic carbocycles. The molecule has 2 aliphatic heterocycles. The van der Waals surface area contributed by atoms with Crippen LogP contribution in [0.5, 0.6) is 0 Å². The second-order valence-electron chi connectivity index (χ2n) is 5.77. The summed E-state index contributed by atoms with van der Waals surface area (Å²) in [5.41, 5.74) is 5.70. The smallest absolute Gasteiger partial charge is 0.280 e. The fourth-order valence-electron chi connectivity index (χ4n) is 3.44. The molecule has 0 aromatic carbocycles. The summed E-state index contributed by atoms with van der Waals surface area (Å²) in [5.74, 6) is 0.348. The van der Waals surface area contributed by atoms with Gasteiger partial charge in [0.25, 0.3) is 5.56 Å². The van der Waals surface area contributed by atoms with Crippen LogP contribution in [-0.2, 0) is 9.47 Å². The van der Waals surface area contributed by atoms with E-state index >= 15 is 0 Å². The Morgan fingerprint density at radius 2 is 2.43 bits per heavy atom. The van der Waals surface area contributed by atoms with E-state index in [0.717, 1.165) is 6.42 Å². The van der Waals surface area contributed by atoms with Crippen LogP contribution in [0.25, 0.3) is 11.2 Å². The van der Waals surface area contributed by atoms with Gasteiger partial charge in [-0.3, -0.25) is 14.3 Å². The van der Waals surface area contributed by atoms with E-state index in [1.807, 2.05) is 0 Å². The van der Waals surface area contributed by atoms with Gasteiger partial charge in [0.05, 0.1) is 18.5 Å². The summed E-state index contributed by atoms with van der Waals surface area (Å²) in [6, 6.07) is 0. The molecule has 4 heterocycles. The number of H-pyrrole nitrogens is 1. The van der Waals surface area contributed by atoms with Crippen LogP contribution in [0, 0.1) is 5.92 Å². The lowest BCUT2D eigenvalue weighted by atomic mass is 9.88. The summed E-state index contributed by atoms with van der Waals surface area (Å²) in [4.78, 5) is 22.6. The highest BCUT2D eigenvalue weighted by atomic mass is 16.6. The molecular formula is C13H17N5O3. The first-order chi connectivity index (χ1) is 10.1. The van der Waals surface area contributed by atoms with E-state index in [1.165, 1.54) is 0 Å². The Morgan fingerprint density at radius 3 is 3.14 bits per heavy atom. The molecule has 112 valence electrons. The van der Waals surface area contributed by atoms with E-state index in [-0.39, 0.29) is 40.9 Å². The van der Waals surface area contributed by atoms with Gasteiger partial charge in [0.2, 0.25) is 5.95 Å². The molecule has 0 saturated carbocycles. The van der Waals surface area contributed by atoms with Crippen molar-refractivity contribution in [1.82, 2.24) is 19.5 Å². The van der Waals surface area contributed by atoms with Gasteiger partial charge < -0.3 is 15.2 Å². The van der Waals surface area contributed by atoms with Gasteiger partial charge in [0.15, 0.2) is 17.4 Å². The highest BCUT2D eigenvalue weighted by Gasteiger charge is 2.58. The van der Waals surface area contributed by atoms with E-state index in [1.54, 1.807) is 10.9 Å². The highest BCUT2D eigenvalue weighted by molar-refractivity contribution is 5.70. The molecule has 0 radical (unpaired) electrons. The summed E-state index contributed by atoms with van der Waals surface area (Å²) in [5, 5.41) is 0. The van der Waals surface area contributed by atoms with Crippen LogP contribution < -0.4 is 11.3 Å². The molecule has 8 nitrogen and oxygen atoms in total. The molecule has 2 aromatic heterocycles. The van der Waals surface area contributed by atoms with Crippen molar-refractivity contribution in [2.24, 2.45) is 5.92 Å². The molecule has 21 heavy (non-hydrogen) atoms. The van der Waals surface area contributed by atoms with Gasteiger partial charge in [-0.05, 0) is 6.42 Å². The second kappa shape index (κ2) is 4.05. The van der Waals surface area contributed by atoms with E-state index in [9.17, 15) is 4.79 Å². The summed E-state index contributed by atoms with van der Waals surface area (Å²) >= 11 is 0. The van der Waals surface area contributed by atoms with E-state index in [0.29, 0.717) is 12.3 Å². The fourth-order valence-corrected chi connectivity index (χ4v) is 3.44. The molecule has 2 saturated heterocycles. The third-order valence-corrected chi connectivity index (χ3v) is 4.80. The minimum Gasteiger partial charge on any atom is -0.370 e. The zero-order valence-corrected chi connectivity index (χ0v) is 11.9. The van der Waals surface area contributed by atoms with Crippen molar-refractivity contribution in [3.63, 3.8) is 0 Å². The summed E-state index contributed by atoms with van der Waals surface area (Å²) in [7, 11) is 0. The largest absolute Gasteiger partial charge is 0.370 e. The molecule has 4 rings (SSSR count). The van der Waals surface area contributed by atoms with E-state index in [2.05, 4.69) is 28.8 Å². The lowest BCUT2D eigenvalue weighted by Crippen LogP contribution is -2.36. The lowest BCUT2D eigenvalue weighted by molar-refractivity contribution is -0.172. The molecular weight excluding hydrogens is 274 g/mol. The van der Waals surface area contributed by atoms with Crippen molar-refractivity contribution in [2.75, 3.05) is 12.3 Å². The molecule has 2 fully saturated rings. The Labute approximate surface area is 120 Å². The number of hydrogen-bond donors (Lipinski definition) is 2. The van der Waals surface area contributed by atoms with Gasteiger partial charge in [-0.25, -0.2) is 4.98 Å². The van der Waals surface area contributed by atoms with Crippen LogP contribution >= 0.6 is 0 Å². The summed E-state index contributed by atoms with van der Waals surface area (Å²) in [6.07, 6.45) is 2.05. The standard InChI is InChI=1S/C13H17N5O3/c1-3-13-4-20-8(6(13)2)11(21-13)18-5-15-7-9(18)16-12(14)17-10(7)19/h5-6,8,11H,3-4H2,1-2H3,(H3,14,16,17,19)/t6?,8-,11+,13-/m0/s1. The number of imidazole rings is 1. The molecule has 4 atom stereocenters. The first-order valence-electron chi connectivity index (χ1n) is 7.07. The molecule has 0 spiro atoms. The number of nitrogen functional groups attached to an aromatic ring is 1. The van der Waals surface area contributed by atoms with Crippen molar-refractivity contribution in [3.8, 4) is 0 Å². The van der Waals surface area contributed by atoms with E-state index in [4.69, 9.17) is 15.2 Å². The zero-order valence-electron chi connectivity index (χ0n) is 11.9. The third kappa shape index (κ3) is 1.54. The number of nitrogens with zero attached hydrogens (tertiary/aromatic N) is 3. The van der Waals surface area contributed by atoms with Gasteiger partial charge in [0, 0.05) is 5.92 Å². The van der Waals surface area contributed by atoms with Gasteiger partial charge in [-0.1, -0.05) is 13.8 Å². The molecule has 2 aliphatic rings. The molecule has 2 aromatic rings. The van der Waals surface area contributed by atoms with Crippen molar-refractivity contribution < 1.29 is 9.47 Å². The van der Waals surface area contributed by atoms with Crippen molar-refractivity contribution in [3.05, 3.63) is 16.7 Å². The lowest BCUT2D eigenvalue weighted by Gasteiger charge is -2.30. The number of hydrogen-bond acceptors (Lipinski definition) is 6. The summed E-state index contributed by atoms with van der Waals surface area (Å²) < 4.78 is 13.9. The molecule has 2 bridgehead atoms. The van der Waals surface area contributed by atoms with Crippen LogP contribution in [0.3, 0.4) is 0 Å². The van der Waals surface area contributed by atoms with Gasteiger partial charge in [-0.2, -0.15) is 4.98 Å². The van der Waals surface area contributed by atoms with E-state index < -0.39 is 0 Å². The predicted octanol–water partition coefficient (Wildman–Crippen LogP) is 0.414. The maximum Gasteiger partial charge on any atom is 0.280 e. The topological polar surface area (TPSA) is 108 Å². The molecule has 0 amide bonds. The SMILES string of the molecule is CC[C@]12CO[C@@H](C1C)[C@H](n1cnc3c(=O)[nH]c(N)nc31)O2. The zero-order chi connectivity index (χ0) is 14.8. The number of rotatable bonds is 2. The molecule has 3 N–H and O–H groups in total. The van der Waals surface area contributed by atoms with Gasteiger partial charge in [-0.15, -0.1) is 0 Å². The minimum absolute atomic E-state index is 0.0651. The predicted molar refractivity (Wildman–Crippen MR) is 74.6 cm³/mol. The number of anilines is 1. The Bertz CT molecular complexity index is 769. The van der Waals surface area contributed by atoms with Crippen molar-refractivity contribution >= 4 is 17.1 Å². The maximum atomic E-state index is 11.8. The van der Waals surface area contributed by atoms with Crippen LogP contribution in [0.1, 0.15) is 26.5 Å². The van der Waals surface area contributed by atoms with Crippen LogP contribution in [0.2, 0.25) is 0 Å². The monoisotopic (exact) mass is 291 g/mol. The number of aromatic nitrogens is 4. The first kappa shape index (κ1) is 12.8. The maximum absolute atomic E-state index is 11.8. The fraction of sp³-hybridized carbons (Fsp3) is 0.615. The third-order valence-electron chi connectivity index (χ3n) is 4.80. The van der Waals surface area contributed by atoms with Crippen LogP contribution in [-0.4, -0.2) is 37.8 Å². The Hall–Kier alpha value is -1.93. The van der Waals surface area contributed by atoms with Crippen molar-refractivity contribution in [2.45, 2.75) is 38.2 Å². The normalized spacial score (nSPS) is 34.9. The average molecular weight is 291 g/mol. The molecule has 8 heteroatoms. The number of fused-ring (bicyclic) bond motifs is 3. The van der Waals surface area contributed by atoms with Gasteiger partial charge >= 0.3 is 0 Å². The Morgan fingerprint density at radius 1 is 1.62 bits per heavy atom. The number of ether oxygens (including phenoxy) is 2. The average Bonchev–Trinajstić information content (AvgIpc) is 3.09. The molecule has 1 unspecified atom stereocenters.